The Morgan fingerprint density at radius 3 is 2.63 bits per heavy atom. The second kappa shape index (κ2) is 6.98. The third-order valence-corrected chi connectivity index (χ3v) is 5.86. The van der Waals surface area contributed by atoms with Gasteiger partial charge in [-0.05, 0) is 30.5 Å². The monoisotopic (exact) mass is 369 g/mol. The van der Waals surface area contributed by atoms with Gasteiger partial charge in [0.25, 0.3) is 5.91 Å². The average Bonchev–Trinajstić information content (AvgIpc) is 3.09. The van der Waals surface area contributed by atoms with Crippen molar-refractivity contribution in [2.24, 2.45) is 0 Å². The van der Waals surface area contributed by atoms with Crippen LogP contribution in [0.5, 0.6) is 0 Å². The number of rotatable bonds is 4. The van der Waals surface area contributed by atoms with E-state index in [9.17, 15) is 9.59 Å². The summed E-state index contributed by atoms with van der Waals surface area (Å²) in [5.41, 5.74) is 2.44. The van der Waals surface area contributed by atoms with Crippen LogP contribution in [0.15, 0.2) is 36.9 Å². The molecule has 4 rings (SSSR count). The van der Waals surface area contributed by atoms with Gasteiger partial charge in [-0.25, -0.2) is 4.79 Å². The van der Waals surface area contributed by atoms with Crippen molar-refractivity contribution in [3.63, 3.8) is 0 Å². The SMILES string of the molecule is C=CCN1C(=O)C2C(NC3N(c4ccc(CC)cc4)CCCN23)N(C)C1=O. The molecule has 3 fully saturated rings. The Bertz CT molecular complexity index is 749. The van der Waals surface area contributed by atoms with Crippen LogP contribution in [-0.4, -0.2) is 71.8 Å². The maximum absolute atomic E-state index is 13.1. The highest BCUT2D eigenvalue weighted by atomic mass is 16.2. The van der Waals surface area contributed by atoms with E-state index < -0.39 is 0 Å². The molecule has 3 aliphatic heterocycles. The van der Waals surface area contributed by atoms with Gasteiger partial charge in [0.2, 0.25) is 0 Å². The van der Waals surface area contributed by atoms with Gasteiger partial charge in [-0.1, -0.05) is 25.1 Å². The number of imide groups is 1. The molecule has 144 valence electrons. The lowest BCUT2D eigenvalue weighted by molar-refractivity contribution is -0.138. The third kappa shape index (κ3) is 2.82. The second-order valence-corrected chi connectivity index (χ2v) is 7.37. The highest BCUT2D eigenvalue weighted by molar-refractivity contribution is 6.00. The molecule has 1 N–H and O–H groups in total. The van der Waals surface area contributed by atoms with Crippen molar-refractivity contribution in [2.75, 3.05) is 31.6 Å². The minimum atomic E-state index is -0.365. The quantitative estimate of drug-likeness (QED) is 0.814. The molecule has 3 unspecified atom stereocenters. The number of nitrogens with one attached hydrogen (secondary N) is 1. The van der Waals surface area contributed by atoms with Crippen molar-refractivity contribution in [1.29, 1.82) is 0 Å². The molecule has 3 atom stereocenters. The lowest BCUT2D eigenvalue weighted by Gasteiger charge is -2.43. The van der Waals surface area contributed by atoms with Crippen molar-refractivity contribution in [3.05, 3.63) is 42.5 Å². The van der Waals surface area contributed by atoms with E-state index in [-0.39, 0.29) is 37.0 Å². The Kier molecular flexibility index (Phi) is 4.65. The lowest BCUT2D eigenvalue weighted by atomic mass is 10.1. The van der Waals surface area contributed by atoms with Crippen LogP contribution in [0.2, 0.25) is 0 Å². The van der Waals surface area contributed by atoms with Crippen LogP contribution in [0.4, 0.5) is 10.5 Å². The largest absolute Gasteiger partial charge is 0.343 e. The standard InChI is InChI=1S/C20H27N5O2/c1-4-11-25-18(26)16-17(22(3)20(25)27)21-19-23(12-6-13-24(16)19)15-9-7-14(5-2)8-10-15/h4,7-10,16-17,19,21H,1,5-6,11-13H2,2-3H3. The molecule has 1 aromatic carbocycles. The summed E-state index contributed by atoms with van der Waals surface area (Å²) in [5.74, 6) is -0.138. The minimum Gasteiger partial charge on any atom is -0.343 e. The van der Waals surface area contributed by atoms with Crippen molar-refractivity contribution < 1.29 is 9.59 Å². The minimum absolute atomic E-state index is 0.0934. The first-order valence-electron chi connectivity index (χ1n) is 9.63. The fraction of sp³-hybridized carbons (Fsp3) is 0.500. The van der Waals surface area contributed by atoms with Crippen LogP contribution in [-0.2, 0) is 11.2 Å². The van der Waals surface area contributed by atoms with Gasteiger partial charge in [0, 0.05) is 32.4 Å². The van der Waals surface area contributed by atoms with Crippen LogP contribution >= 0.6 is 0 Å². The van der Waals surface area contributed by atoms with E-state index in [2.05, 4.69) is 52.9 Å². The fourth-order valence-corrected chi connectivity index (χ4v) is 4.40. The lowest BCUT2D eigenvalue weighted by Crippen LogP contribution is -2.66. The van der Waals surface area contributed by atoms with Crippen molar-refractivity contribution in [3.8, 4) is 0 Å². The number of hydrogen-bond donors (Lipinski definition) is 1. The van der Waals surface area contributed by atoms with Gasteiger partial charge in [-0.3, -0.25) is 19.9 Å². The number of likely N-dealkylation sites (N-methyl/N-ethyl adjacent to an activating group) is 1. The van der Waals surface area contributed by atoms with E-state index >= 15 is 0 Å². The Morgan fingerprint density at radius 2 is 1.96 bits per heavy atom. The molecule has 3 aliphatic rings. The molecule has 7 heteroatoms. The van der Waals surface area contributed by atoms with E-state index in [1.54, 1.807) is 18.0 Å². The Hall–Kier alpha value is -2.38. The molecule has 3 heterocycles. The number of anilines is 1. The molecule has 1 aromatic rings. The van der Waals surface area contributed by atoms with Crippen LogP contribution in [0.1, 0.15) is 18.9 Å². The normalized spacial score (nSPS) is 28.4. The van der Waals surface area contributed by atoms with Gasteiger partial charge in [0.05, 0.1) is 0 Å². The summed E-state index contributed by atoms with van der Waals surface area (Å²) >= 11 is 0. The van der Waals surface area contributed by atoms with Crippen LogP contribution < -0.4 is 10.2 Å². The van der Waals surface area contributed by atoms with E-state index in [1.165, 1.54) is 10.5 Å². The molecule has 0 radical (unpaired) electrons. The molecular weight excluding hydrogens is 342 g/mol. The second-order valence-electron chi connectivity index (χ2n) is 7.37. The fourth-order valence-electron chi connectivity index (χ4n) is 4.40. The van der Waals surface area contributed by atoms with Crippen LogP contribution in [0.25, 0.3) is 0 Å². The topological polar surface area (TPSA) is 59.1 Å². The summed E-state index contributed by atoms with van der Waals surface area (Å²) in [7, 11) is 1.76. The molecule has 27 heavy (non-hydrogen) atoms. The summed E-state index contributed by atoms with van der Waals surface area (Å²) in [5, 5.41) is 3.53. The number of nitrogens with zero attached hydrogens (tertiary/aromatic N) is 4. The summed E-state index contributed by atoms with van der Waals surface area (Å²) in [6.07, 6.45) is 3.18. The Balaban J connectivity index is 1.63. The highest BCUT2D eigenvalue weighted by Crippen LogP contribution is 2.33. The number of aryl methyl sites for hydroxylation is 1. The van der Waals surface area contributed by atoms with E-state index in [0.29, 0.717) is 0 Å². The molecule has 0 aromatic heterocycles. The molecule has 3 saturated heterocycles. The summed E-state index contributed by atoms with van der Waals surface area (Å²) in [6.45, 7) is 7.82. The maximum Gasteiger partial charge on any atom is 0.328 e. The number of urea groups is 1. The van der Waals surface area contributed by atoms with Gasteiger partial charge in [-0.15, -0.1) is 6.58 Å². The molecular formula is C20H27N5O2. The number of hydrogen-bond acceptors (Lipinski definition) is 5. The third-order valence-electron chi connectivity index (χ3n) is 5.86. The van der Waals surface area contributed by atoms with E-state index in [4.69, 9.17) is 0 Å². The molecule has 0 aliphatic carbocycles. The Labute approximate surface area is 160 Å². The smallest absolute Gasteiger partial charge is 0.328 e. The number of fused-ring (bicyclic) bond motifs is 3. The van der Waals surface area contributed by atoms with E-state index in [0.717, 1.165) is 31.6 Å². The number of amides is 3. The molecule has 0 spiro atoms. The summed E-state index contributed by atoms with van der Waals surface area (Å²) < 4.78 is 0. The van der Waals surface area contributed by atoms with Crippen LogP contribution in [0, 0.1) is 0 Å². The van der Waals surface area contributed by atoms with Gasteiger partial charge in [0.1, 0.15) is 18.5 Å². The molecule has 3 amide bonds. The van der Waals surface area contributed by atoms with Crippen molar-refractivity contribution in [1.82, 2.24) is 20.0 Å². The molecule has 0 bridgehead atoms. The first-order chi connectivity index (χ1) is 13.1. The van der Waals surface area contributed by atoms with Gasteiger partial charge < -0.3 is 9.80 Å². The highest BCUT2D eigenvalue weighted by Gasteiger charge is 2.55. The number of carbonyl (C=O) groups is 2. The molecule has 7 nitrogen and oxygen atoms in total. The average molecular weight is 369 g/mol. The zero-order chi connectivity index (χ0) is 19.1. The maximum atomic E-state index is 13.1. The zero-order valence-electron chi connectivity index (χ0n) is 16.0. The zero-order valence-corrected chi connectivity index (χ0v) is 16.0. The number of carbonyl (C=O) groups excluding carboxylic acids is 2. The first-order valence-corrected chi connectivity index (χ1v) is 9.63. The predicted octanol–water partition coefficient (Wildman–Crippen LogP) is 1.42. The number of benzene rings is 1. The van der Waals surface area contributed by atoms with E-state index in [1.807, 2.05) is 0 Å². The van der Waals surface area contributed by atoms with Crippen molar-refractivity contribution in [2.45, 2.75) is 38.3 Å². The molecule has 0 saturated carbocycles. The summed E-state index contributed by atoms with van der Waals surface area (Å²) in [4.78, 5) is 33.1. The van der Waals surface area contributed by atoms with Gasteiger partial charge >= 0.3 is 6.03 Å². The Morgan fingerprint density at radius 1 is 1.22 bits per heavy atom. The van der Waals surface area contributed by atoms with Gasteiger partial charge in [-0.2, -0.15) is 0 Å². The van der Waals surface area contributed by atoms with Crippen LogP contribution in [0.3, 0.4) is 0 Å². The predicted molar refractivity (Wildman–Crippen MR) is 104 cm³/mol. The summed E-state index contributed by atoms with van der Waals surface area (Å²) in [6, 6.07) is 7.97. The first kappa shape index (κ1) is 18.0. The van der Waals surface area contributed by atoms with Gasteiger partial charge in [0.15, 0.2) is 0 Å². The van der Waals surface area contributed by atoms with Crippen molar-refractivity contribution >= 4 is 17.6 Å².